The number of morpholine rings is 1. The van der Waals surface area contributed by atoms with Crippen LogP contribution in [0.25, 0.3) is 0 Å². The van der Waals surface area contributed by atoms with Crippen molar-refractivity contribution in [3.05, 3.63) is 59.3 Å². The van der Waals surface area contributed by atoms with E-state index < -0.39 is 17.8 Å². The van der Waals surface area contributed by atoms with E-state index in [0.29, 0.717) is 37.8 Å². The first kappa shape index (κ1) is 22.4. The number of aromatic nitrogens is 1. The van der Waals surface area contributed by atoms with Gasteiger partial charge in [-0.05, 0) is 42.2 Å². The summed E-state index contributed by atoms with van der Waals surface area (Å²) in [6.45, 7) is 4.12. The molecule has 4 rings (SSSR count). The molecule has 2 aliphatic heterocycles. The molecule has 6 nitrogen and oxygen atoms in total. The summed E-state index contributed by atoms with van der Waals surface area (Å²) in [5.41, 5.74) is 0.890. The number of hydrogen-bond donors (Lipinski definition) is 1. The van der Waals surface area contributed by atoms with Crippen LogP contribution in [-0.2, 0) is 17.5 Å². The molecule has 1 N–H and O–H groups in total. The number of pyridine rings is 1. The summed E-state index contributed by atoms with van der Waals surface area (Å²) in [5, 5.41) is 3.34. The Kier molecular flexibility index (Phi) is 6.83. The maximum absolute atomic E-state index is 13.1. The molecular weight excluding hydrogens is 419 g/mol. The summed E-state index contributed by atoms with van der Waals surface area (Å²) >= 11 is 0. The van der Waals surface area contributed by atoms with Crippen LogP contribution in [0, 0.1) is 0 Å². The van der Waals surface area contributed by atoms with Crippen LogP contribution >= 0.6 is 0 Å². The van der Waals surface area contributed by atoms with Crippen molar-refractivity contribution in [2.75, 3.05) is 44.7 Å². The van der Waals surface area contributed by atoms with Gasteiger partial charge in [-0.2, -0.15) is 13.2 Å². The molecule has 0 saturated carbocycles. The van der Waals surface area contributed by atoms with Gasteiger partial charge in [0.25, 0.3) is 0 Å². The maximum atomic E-state index is 13.1. The SMILES string of the molecule is CN=C(NCc1ccc(N2CCCC2)nc1)N1CCOC(c2cccc(C(F)(F)F)c2)C1. The monoisotopic (exact) mass is 447 g/mol. The lowest BCUT2D eigenvalue weighted by atomic mass is 10.0. The van der Waals surface area contributed by atoms with Gasteiger partial charge in [-0.3, -0.25) is 4.99 Å². The average Bonchev–Trinajstić information content (AvgIpc) is 3.35. The van der Waals surface area contributed by atoms with Crippen LogP contribution in [0.5, 0.6) is 0 Å². The summed E-state index contributed by atoms with van der Waals surface area (Å²) in [6.07, 6.45) is -0.532. The van der Waals surface area contributed by atoms with Gasteiger partial charge in [-0.25, -0.2) is 4.98 Å². The van der Waals surface area contributed by atoms with Crippen molar-refractivity contribution in [1.82, 2.24) is 15.2 Å². The fourth-order valence-electron chi connectivity index (χ4n) is 4.13. The van der Waals surface area contributed by atoms with Gasteiger partial charge in [-0.1, -0.05) is 18.2 Å². The van der Waals surface area contributed by atoms with Crippen molar-refractivity contribution < 1.29 is 17.9 Å². The number of hydrogen-bond acceptors (Lipinski definition) is 4. The second-order valence-corrected chi connectivity index (χ2v) is 8.05. The van der Waals surface area contributed by atoms with Crippen molar-refractivity contribution in [3.63, 3.8) is 0 Å². The standard InChI is InChI=1S/C23H28F3N5O/c1-27-22(29-15-17-7-8-21(28-14-17)30-9-2-3-10-30)31-11-12-32-20(16-31)18-5-4-6-19(13-18)23(24,25)26/h4-8,13-14,20H,2-3,9-12,15-16H2,1H3,(H,27,29). The van der Waals surface area contributed by atoms with E-state index in [-0.39, 0.29) is 0 Å². The predicted molar refractivity (Wildman–Crippen MR) is 118 cm³/mol. The zero-order chi connectivity index (χ0) is 22.6. The number of halogens is 3. The summed E-state index contributed by atoms with van der Waals surface area (Å²) < 4.78 is 45.0. The smallest absolute Gasteiger partial charge is 0.370 e. The zero-order valence-corrected chi connectivity index (χ0v) is 18.1. The van der Waals surface area contributed by atoms with Crippen LogP contribution in [0.3, 0.4) is 0 Å². The van der Waals surface area contributed by atoms with E-state index >= 15 is 0 Å². The minimum atomic E-state index is -4.37. The number of ether oxygens (including phenoxy) is 1. The highest BCUT2D eigenvalue weighted by atomic mass is 19.4. The first-order valence-corrected chi connectivity index (χ1v) is 10.9. The fraction of sp³-hybridized carbons (Fsp3) is 0.478. The van der Waals surface area contributed by atoms with E-state index in [4.69, 9.17) is 4.74 Å². The first-order chi connectivity index (χ1) is 15.4. The highest BCUT2D eigenvalue weighted by Gasteiger charge is 2.32. The Morgan fingerprint density at radius 2 is 2.00 bits per heavy atom. The summed E-state index contributed by atoms with van der Waals surface area (Å²) in [4.78, 5) is 13.2. The molecule has 3 heterocycles. The van der Waals surface area contributed by atoms with Crippen molar-refractivity contribution >= 4 is 11.8 Å². The number of nitrogens with one attached hydrogen (secondary N) is 1. The highest BCUT2D eigenvalue weighted by Crippen LogP contribution is 2.32. The van der Waals surface area contributed by atoms with Gasteiger partial charge in [0, 0.05) is 39.4 Å². The Labute approximate surface area is 186 Å². The molecule has 0 radical (unpaired) electrons. The zero-order valence-electron chi connectivity index (χ0n) is 18.1. The van der Waals surface area contributed by atoms with Crippen molar-refractivity contribution in [2.45, 2.75) is 31.7 Å². The number of nitrogens with zero attached hydrogens (tertiary/aromatic N) is 4. The van der Waals surface area contributed by atoms with E-state index in [1.54, 1.807) is 13.1 Å². The summed E-state index contributed by atoms with van der Waals surface area (Å²) in [6, 6.07) is 9.44. The Morgan fingerprint density at radius 3 is 2.69 bits per heavy atom. The van der Waals surface area contributed by atoms with Crippen LogP contribution in [0.1, 0.15) is 35.6 Å². The highest BCUT2D eigenvalue weighted by molar-refractivity contribution is 5.80. The Bertz CT molecular complexity index is 926. The van der Waals surface area contributed by atoms with Gasteiger partial charge in [0.15, 0.2) is 5.96 Å². The van der Waals surface area contributed by atoms with Crippen LogP contribution in [0.2, 0.25) is 0 Å². The molecule has 1 unspecified atom stereocenters. The van der Waals surface area contributed by atoms with Crippen molar-refractivity contribution in [2.24, 2.45) is 4.99 Å². The van der Waals surface area contributed by atoms with Gasteiger partial charge in [0.1, 0.15) is 11.9 Å². The van der Waals surface area contributed by atoms with E-state index in [1.165, 1.54) is 18.9 Å². The molecule has 1 aromatic heterocycles. The van der Waals surface area contributed by atoms with Gasteiger partial charge in [0.05, 0.1) is 18.7 Å². The summed E-state index contributed by atoms with van der Waals surface area (Å²) in [7, 11) is 1.70. The molecular formula is C23H28F3N5O. The molecule has 2 aliphatic rings. The summed E-state index contributed by atoms with van der Waals surface area (Å²) in [5.74, 6) is 1.70. The molecule has 0 aliphatic carbocycles. The third-order valence-corrected chi connectivity index (χ3v) is 5.85. The molecule has 2 saturated heterocycles. The molecule has 1 aromatic carbocycles. The molecule has 2 aromatic rings. The lowest BCUT2D eigenvalue weighted by Crippen LogP contribution is -2.48. The number of guanidine groups is 1. The first-order valence-electron chi connectivity index (χ1n) is 10.9. The largest absolute Gasteiger partial charge is 0.416 e. The number of rotatable bonds is 4. The number of anilines is 1. The molecule has 0 amide bonds. The average molecular weight is 448 g/mol. The van der Waals surface area contributed by atoms with Gasteiger partial charge >= 0.3 is 6.18 Å². The number of aliphatic imine (C=N–C) groups is 1. The van der Waals surface area contributed by atoms with Crippen LogP contribution in [0.4, 0.5) is 19.0 Å². The Morgan fingerprint density at radius 1 is 1.19 bits per heavy atom. The molecule has 0 bridgehead atoms. The molecule has 1 atom stereocenters. The molecule has 2 fully saturated rings. The third kappa shape index (κ3) is 5.32. The van der Waals surface area contributed by atoms with E-state index in [1.807, 2.05) is 17.2 Å². The topological polar surface area (TPSA) is 53.0 Å². The Balaban J connectivity index is 1.37. The van der Waals surface area contributed by atoms with Crippen molar-refractivity contribution in [3.8, 4) is 0 Å². The van der Waals surface area contributed by atoms with E-state index in [9.17, 15) is 13.2 Å². The normalized spacial score (nSPS) is 20.0. The third-order valence-electron chi connectivity index (χ3n) is 5.85. The number of benzene rings is 1. The van der Waals surface area contributed by atoms with E-state index in [0.717, 1.165) is 36.6 Å². The molecule has 9 heteroatoms. The second kappa shape index (κ2) is 9.77. The van der Waals surface area contributed by atoms with E-state index in [2.05, 4.69) is 26.3 Å². The molecule has 32 heavy (non-hydrogen) atoms. The minimum absolute atomic E-state index is 0.410. The van der Waals surface area contributed by atoms with Gasteiger partial charge in [-0.15, -0.1) is 0 Å². The van der Waals surface area contributed by atoms with Crippen LogP contribution in [-0.4, -0.2) is 55.7 Å². The molecule has 0 spiro atoms. The van der Waals surface area contributed by atoms with Crippen LogP contribution in [0.15, 0.2) is 47.6 Å². The fourth-order valence-corrected chi connectivity index (χ4v) is 4.13. The maximum Gasteiger partial charge on any atom is 0.416 e. The quantitative estimate of drug-likeness (QED) is 0.570. The lowest BCUT2D eigenvalue weighted by molar-refractivity contribution is -0.137. The van der Waals surface area contributed by atoms with Gasteiger partial charge < -0.3 is 19.9 Å². The molecule has 172 valence electrons. The second-order valence-electron chi connectivity index (χ2n) is 8.05. The number of alkyl halides is 3. The Hall–Kier alpha value is -2.81. The van der Waals surface area contributed by atoms with Gasteiger partial charge in [0.2, 0.25) is 0 Å². The van der Waals surface area contributed by atoms with Crippen molar-refractivity contribution in [1.29, 1.82) is 0 Å². The van der Waals surface area contributed by atoms with Crippen LogP contribution < -0.4 is 10.2 Å². The minimum Gasteiger partial charge on any atom is -0.370 e. The predicted octanol–water partition coefficient (Wildman–Crippen LogP) is 3.85. The lowest BCUT2D eigenvalue weighted by Gasteiger charge is -2.35.